The van der Waals surface area contributed by atoms with Crippen molar-refractivity contribution < 1.29 is 23.9 Å². The number of methoxy groups -OCH3 is 1. The van der Waals surface area contributed by atoms with Gasteiger partial charge in [0.15, 0.2) is 11.5 Å². The third-order valence-electron chi connectivity index (χ3n) is 4.97. The van der Waals surface area contributed by atoms with E-state index in [-0.39, 0.29) is 38.8 Å². The molecule has 1 heterocycles. The van der Waals surface area contributed by atoms with E-state index in [0.717, 1.165) is 17.3 Å². The van der Waals surface area contributed by atoms with Crippen molar-refractivity contribution in [3.8, 4) is 11.5 Å². The lowest BCUT2D eigenvalue weighted by Crippen LogP contribution is -2.27. The van der Waals surface area contributed by atoms with Gasteiger partial charge in [0.05, 0.1) is 29.1 Å². The van der Waals surface area contributed by atoms with Crippen LogP contribution in [0.2, 0.25) is 15.1 Å². The molecule has 0 saturated carbocycles. The molecule has 1 aliphatic heterocycles. The number of halogens is 3. The van der Waals surface area contributed by atoms with Gasteiger partial charge in [0, 0.05) is 10.0 Å². The van der Waals surface area contributed by atoms with Gasteiger partial charge in [0.2, 0.25) is 0 Å². The maximum absolute atomic E-state index is 12.8. The second-order valence-electron chi connectivity index (χ2n) is 7.32. The molecular weight excluding hydrogens is 533 g/mol. The summed E-state index contributed by atoms with van der Waals surface area (Å²) in [4.78, 5) is 39.3. The highest BCUT2D eigenvalue weighted by Gasteiger charge is 2.35. The van der Waals surface area contributed by atoms with Crippen molar-refractivity contribution in [2.45, 2.75) is 6.54 Å². The third kappa shape index (κ3) is 5.82. The molecule has 35 heavy (non-hydrogen) atoms. The van der Waals surface area contributed by atoms with Gasteiger partial charge < -0.3 is 9.47 Å². The van der Waals surface area contributed by atoms with Crippen LogP contribution in [-0.4, -0.2) is 29.1 Å². The minimum Gasteiger partial charge on any atom is -0.493 e. The number of amides is 2. The van der Waals surface area contributed by atoms with Crippen LogP contribution in [-0.2, 0) is 11.3 Å². The van der Waals surface area contributed by atoms with Crippen LogP contribution in [0.3, 0.4) is 0 Å². The van der Waals surface area contributed by atoms with Crippen LogP contribution < -0.4 is 9.47 Å². The summed E-state index contributed by atoms with van der Waals surface area (Å²) in [6.07, 6.45) is 1.58. The molecule has 3 aromatic rings. The van der Waals surface area contributed by atoms with Crippen molar-refractivity contribution in [2.75, 3.05) is 7.11 Å². The number of carbonyl (C=O) groups excluding carboxylic acids is 3. The van der Waals surface area contributed by atoms with E-state index in [1.807, 2.05) is 0 Å². The quantitative estimate of drug-likeness (QED) is 0.186. The average molecular weight is 549 g/mol. The molecule has 1 aliphatic rings. The molecule has 1 fully saturated rings. The van der Waals surface area contributed by atoms with Crippen LogP contribution in [0.5, 0.6) is 11.5 Å². The number of benzene rings is 3. The Hall–Kier alpha value is -2.97. The fourth-order valence-corrected chi connectivity index (χ4v) is 4.68. The summed E-state index contributed by atoms with van der Waals surface area (Å²) in [6, 6.07) is 16.1. The molecule has 0 atom stereocenters. The maximum atomic E-state index is 12.8. The Morgan fingerprint density at radius 3 is 2.34 bits per heavy atom. The summed E-state index contributed by atoms with van der Waals surface area (Å²) in [5.74, 6) is -0.656. The number of ether oxygens (including phenoxy) is 2. The van der Waals surface area contributed by atoms with Gasteiger partial charge in [-0.3, -0.25) is 14.5 Å². The van der Waals surface area contributed by atoms with Gasteiger partial charge in [-0.25, -0.2) is 4.79 Å². The summed E-state index contributed by atoms with van der Waals surface area (Å²) in [5.41, 5.74) is 1.52. The zero-order chi connectivity index (χ0) is 25.1. The number of hydrogen-bond acceptors (Lipinski definition) is 6. The van der Waals surface area contributed by atoms with Gasteiger partial charge in [0.25, 0.3) is 11.1 Å². The molecule has 0 spiro atoms. The normalized spacial score (nSPS) is 14.5. The zero-order valence-electron chi connectivity index (χ0n) is 18.1. The van der Waals surface area contributed by atoms with Crippen LogP contribution in [0.4, 0.5) is 4.79 Å². The fourth-order valence-electron chi connectivity index (χ4n) is 3.23. The van der Waals surface area contributed by atoms with Crippen molar-refractivity contribution in [2.24, 2.45) is 0 Å². The van der Waals surface area contributed by atoms with Crippen molar-refractivity contribution in [1.29, 1.82) is 0 Å². The smallest absolute Gasteiger partial charge is 0.345 e. The first kappa shape index (κ1) is 25.1. The van der Waals surface area contributed by atoms with Gasteiger partial charge in [-0.05, 0) is 71.4 Å². The summed E-state index contributed by atoms with van der Waals surface area (Å²) in [6.45, 7) is 0.143. The van der Waals surface area contributed by atoms with Crippen LogP contribution in [0, 0.1) is 0 Å². The van der Waals surface area contributed by atoms with Crippen molar-refractivity contribution >= 4 is 69.8 Å². The molecule has 2 amide bonds. The van der Waals surface area contributed by atoms with E-state index in [9.17, 15) is 14.4 Å². The number of thioether (sulfide) groups is 1. The number of imide groups is 1. The summed E-state index contributed by atoms with van der Waals surface area (Å²) >= 11 is 18.7. The Morgan fingerprint density at radius 2 is 1.66 bits per heavy atom. The Bertz CT molecular complexity index is 1360. The standard InChI is InChI=1S/C25H16Cl3NO5S/c1-33-21-10-15(4-9-20(21)34-24(31)18-8-7-17(27)12-19(18)28)11-22-23(30)29(25(32)35-22)13-14-2-5-16(26)6-3-14/h2-12H,13H2,1H3/b22-11-. The Kier molecular flexibility index (Phi) is 7.72. The van der Waals surface area contributed by atoms with Crippen LogP contribution in [0.25, 0.3) is 6.08 Å². The molecule has 0 N–H and O–H groups in total. The Labute approximate surface area is 220 Å². The van der Waals surface area contributed by atoms with Gasteiger partial charge in [-0.1, -0.05) is 53.0 Å². The van der Waals surface area contributed by atoms with E-state index in [1.54, 1.807) is 42.5 Å². The monoisotopic (exact) mass is 547 g/mol. The van der Waals surface area contributed by atoms with Gasteiger partial charge >= 0.3 is 5.97 Å². The molecule has 4 rings (SSSR count). The molecule has 6 nitrogen and oxygen atoms in total. The van der Waals surface area contributed by atoms with E-state index in [2.05, 4.69) is 0 Å². The Morgan fingerprint density at radius 1 is 0.943 bits per heavy atom. The first-order valence-corrected chi connectivity index (χ1v) is 12.1. The minimum atomic E-state index is -0.680. The van der Waals surface area contributed by atoms with Crippen LogP contribution in [0.1, 0.15) is 21.5 Å². The van der Waals surface area contributed by atoms with E-state index < -0.39 is 11.9 Å². The zero-order valence-corrected chi connectivity index (χ0v) is 21.2. The van der Waals surface area contributed by atoms with E-state index in [1.165, 1.54) is 36.3 Å². The molecule has 0 unspecified atom stereocenters. The van der Waals surface area contributed by atoms with Crippen molar-refractivity contribution in [3.63, 3.8) is 0 Å². The first-order valence-electron chi connectivity index (χ1n) is 10.1. The van der Waals surface area contributed by atoms with E-state index in [0.29, 0.717) is 15.6 Å². The molecule has 0 aromatic heterocycles. The first-order chi connectivity index (χ1) is 16.7. The molecule has 178 valence electrons. The van der Waals surface area contributed by atoms with E-state index in [4.69, 9.17) is 44.3 Å². The largest absolute Gasteiger partial charge is 0.493 e. The number of hydrogen-bond donors (Lipinski definition) is 0. The highest BCUT2D eigenvalue weighted by Crippen LogP contribution is 2.36. The SMILES string of the molecule is COc1cc(/C=C2\SC(=O)N(Cc3ccc(Cl)cc3)C2=O)ccc1OC(=O)c1ccc(Cl)cc1Cl. The summed E-state index contributed by atoms with van der Waals surface area (Å²) < 4.78 is 10.8. The van der Waals surface area contributed by atoms with Gasteiger partial charge in [0.1, 0.15) is 0 Å². The fraction of sp³-hybridized carbons (Fsp3) is 0.0800. The predicted octanol–water partition coefficient (Wildman–Crippen LogP) is 7.11. The summed E-state index contributed by atoms with van der Waals surface area (Å²) in [5, 5.41) is 0.758. The molecule has 0 aliphatic carbocycles. The molecule has 1 saturated heterocycles. The van der Waals surface area contributed by atoms with Crippen LogP contribution >= 0.6 is 46.6 Å². The second-order valence-corrected chi connectivity index (χ2v) is 9.59. The highest BCUT2D eigenvalue weighted by molar-refractivity contribution is 8.18. The van der Waals surface area contributed by atoms with Gasteiger partial charge in [-0.2, -0.15) is 0 Å². The number of carbonyl (C=O) groups is 3. The summed E-state index contributed by atoms with van der Waals surface area (Å²) in [7, 11) is 1.42. The highest BCUT2D eigenvalue weighted by atomic mass is 35.5. The third-order valence-corrected chi connectivity index (χ3v) is 6.67. The number of rotatable bonds is 6. The average Bonchev–Trinajstić information content (AvgIpc) is 3.08. The minimum absolute atomic E-state index is 0.143. The second kappa shape index (κ2) is 10.7. The van der Waals surface area contributed by atoms with Crippen molar-refractivity contribution in [3.05, 3.63) is 97.3 Å². The van der Waals surface area contributed by atoms with Gasteiger partial charge in [-0.15, -0.1) is 0 Å². The molecule has 0 radical (unpaired) electrons. The Balaban J connectivity index is 1.52. The van der Waals surface area contributed by atoms with E-state index >= 15 is 0 Å². The predicted molar refractivity (Wildman–Crippen MR) is 137 cm³/mol. The topological polar surface area (TPSA) is 72.9 Å². The lowest BCUT2D eigenvalue weighted by atomic mass is 10.1. The molecular formula is C25H16Cl3NO5S. The molecule has 10 heteroatoms. The van der Waals surface area contributed by atoms with Crippen molar-refractivity contribution in [1.82, 2.24) is 4.90 Å². The lowest BCUT2D eigenvalue weighted by Gasteiger charge is -2.12. The number of esters is 1. The molecule has 3 aromatic carbocycles. The maximum Gasteiger partial charge on any atom is 0.345 e. The lowest BCUT2D eigenvalue weighted by molar-refractivity contribution is -0.123. The number of nitrogens with zero attached hydrogens (tertiary/aromatic N) is 1. The van der Waals surface area contributed by atoms with Crippen LogP contribution in [0.15, 0.2) is 65.6 Å². The molecule has 0 bridgehead atoms.